The lowest BCUT2D eigenvalue weighted by atomic mass is 9.45. The van der Waals surface area contributed by atoms with Crippen LogP contribution in [0.1, 0.15) is 65.2 Å². The van der Waals surface area contributed by atoms with Crippen molar-refractivity contribution >= 4 is 31.9 Å². The van der Waals surface area contributed by atoms with Gasteiger partial charge in [-0.2, -0.15) is 0 Å². The Morgan fingerprint density at radius 3 is 2.36 bits per heavy atom. The molecule has 0 aliphatic heterocycles. The fourth-order valence-electron chi connectivity index (χ4n) is 7.14. The van der Waals surface area contributed by atoms with Gasteiger partial charge < -0.3 is 5.11 Å². The van der Waals surface area contributed by atoms with E-state index in [9.17, 15) is 5.11 Å². The van der Waals surface area contributed by atoms with Gasteiger partial charge in [0.2, 0.25) is 0 Å². The molecule has 0 radical (unpaired) electrons. The highest BCUT2D eigenvalue weighted by atomic mass is 79.9. The molecule has 5 unspecified atom stereocenters. The van der Waals surface area contributed by atoms with Gasteiger partial charge >= 0.3 is 0 Å². The minimum Gasteiger partial charge on any atom is -0.393 e. The van der Waals surface area contributed by atoms with Crippen molar-refractivity contribution in [1.29, 1.82) is 0 Å². The van der Waals surface area contributed by atoms with Gasteiger partial charge in [-0.05, 0) is 85.9 Å². The van der Waals surface area contributed by atoms with E-state index < -0.39 is 0 Å². The van der Waals surface area contributed by atoms with Crippen molar-refractivity contribution in [2.45, 2.75) is 81.0 Å². The Hall–Kier alpha value is 0.920. The first-order valence-electron chi connectivity index (χ1n) is 9.32. The predicted molar refractivity (Wildman–Crippen MR) is 98.5 cm³/mol. The average Bonchev–Trinajstić information content (AvgIpc) is 2.72. The van der Waals surface area contributed by atoms with E-state index in [1.807, 2.05) is 0 Å². The van der Waals surface area contributed by atoms with Crippen molar-refractivity contribution in [2.24, 2.45) is 34.5 Å². The fraction of sp³-hybridized carbons (Fsp3) is 1.00. The number of fused-ring (bicyclic) bond motifs is 5. The van der Waals surface area contributed by atoms with Crippen LogP contribution in [0, 0.1) is 34.5 Å². The molecule has 0 heterocycles. The van der Waals surface area contributed by atoms with E-state index in [0.29, 0.717) is 20.5 Å². The van der Waals surface area contributed by atoms with Crippen LogP contribution in [0.2, 0.25) is 0 Å². The van der Waals surface area contributed by atoms with E-state index in [4.69, 9.17) is 0 Å². The van der Waals surface area contributed by atoms with Gasteiger partial charge in [-0.25, -0.2) is 0 Å². The number of alkyl halides is 2. The summed E-state index contributed by atoms with van der Waals surface area (Å²) < 4.78 is 0. The minimum atomic E-state index is -0.0196. The summed E-state index contributed by atoms with van der Waals surface area (Å²) in [6, 6.07) is 0. The maximum atomic E-state index is 10.1. The first-order chi connectivity index (χ1) is 10.4. The summed E-state index contributed by atoms with van der Waals surface area (Å²) >= 11 is 7.98. The van der Waals surface area contributed by atoms with Gasteiger partial charge in [0.15, 0.2) is 0 Å². The summed E-state index contributed by atoms with van der Waals surface area (Å²) in [7, 11) is 0. The van der Waals surface area contributed by atoms with Gasteiger partial charge in [0.1, 0.15) is 0 Å². The van der Waals surface area contributed by atoms with E-state index in [-0.39, 0.29) is 6.10 Å². The molecule has 126 valence electrons. The van der Waals surface area contributed by atoms with E-state index >= 15 is 0 Å². The van der Waals surface area contributed by atoms with Crippen LogP contribution in [0.4, 0.5) is 0 Å². The van der Waals surface area contributed by atoms with Gasteiger partial charge in [0.25, 0.3) is 0 Å². The molecule has 0 spiro atoms. The molecule has 4 rings (SSSR count). The second-order valence-electron chi connectivity index (χ2n) is 9.28. The lowest BCUT2D eigenvalue weighted by molar-refractivity contribution is -0.120. The van der Waals surface area contributed by atoms with Crippen molar-refractivity contribution in [1.82, 2.24) is 0 Å². The number of aliphatic hydroxyl groups is 1. The van der Waals surface area contributed by atoms with Crippen LogP contribution in [0.15, 0.2) is 0 Å². The molecule has 1 N–H and O–H groups in total. The highest BCUT2D eigenvalue weighted by Gasteiger charge is 2.61. The van der Waals surface area contributed by atoms with Gasteiger partial charge in [-0.1, -0.05) is 45.7 Å². The van der Waals surface area contributed by atoms with E-state index in [1.54, 1.807) is 0 Å². The Morgan fingerprint density at radius 1 is 0.864 bits per heavy atom. The standard InChI is InChI=1S/C19H30Br2O/c1-18-7-5-12(22)9-11(18)3-4-13-14(18)6-8-19(2)15(13)10-16(20)17(19)21/h11-17,22H,3-10H2,1-2H3/t11?,12-,13?,14?,15?,16+,17?,18-,19-/m0/s1. The molecule has 0 aromatic heterocycles. The lowest BCUT2D eigenvalue weighted by Gasteiger charge is -2.60. The minimum absolute atomic E-state index is 0.0196. The molecule has 4 fully saturated rings. The third-order valence-electron chi connectivity index (χ3n) is 8.50. The molecule has 0 bridgehead atoms. The predicted octanol–water partition coefficient (Wildman–Crippen LogP) is 5.53. The molecule has 3 heteroatoms. The van der Waals surface area contributed by atoms with Gasteiger partial charge in [-0.3, -0.25) is 0 Å². The summed E-state index contributed by atoms with van der Waals surface area (Å²) in [5.41, 5.74) is 1.00. The molecule has 0 aromatic carbocycles. The third kappa shape index (κ3) is 2.17. The van der Waals surface area contributed by atoms with Crippen LogP contribution in [-0.2, 0) is 0 Å². The van der Waals surface area contributed by atoms with Crippen LogP contribution in [0.5, 0.6) is 0 Å². The molecule has 22 heavy (non-hydrogen) atoms. The zero-order chi connectivity index (χ0) is 15.7. The average molecular weight is 434 g/mol. The third-order valence-corrected chi connectivity index (χ3v) is 11.8. The number of hydrogen-bond donors (Lipinski definition) is 1. The zero-order valence-corrected chi connectivity index (χ0v) is 17.1. The molecule has 1 nitrogen and oxygen atoms in total. The topological polar surface area (TPSA) is 20.2 Å². The highest BCUT2D eigenvalue weighted by Crippen LogP contribution is 2.67. The molecule has 0 saturated heterocycles. The summed E-state index contributed by atoms with van der Waals surface area (Å²) in [6.07, 6.45) is 10.3. The first-order valence-corrected chi connectivity index (χ1v) is 11.2. The molecule has 4 saturated carbocycles. The van der Waals surface area contributed by atoms with E-state index in [0.717, 1.165) is 36.5 Å². The van der Waals surface area contributed by atoms with E-state index in [1.165, 1.54) is 38.5 Å². The van der Waals surface area contributed by atoms with Crippen LogP contribution >= 0.6 is 31.9 Å². The Morgan fingerprint density at radius 2 is 1.59 bits per heavy atom. The first kappa shape index (κ1) is 16.4. The van der Waals surface area contributed by atoms with Crippen LogP contribution < -0.4 is 0 Å². The highest BCUT2D eigenvalue weighted by molar-refractivity contribution is 9.12. The van der Waals surface area contributed by atoms with Gasteiger partial charge in [0.05, 0.1) is 6.10 Å². The van der Waals surface area contributed by atoms with Crippen molar-refractivity contribution in [3.05, 3.63) is 0 Å². The zero-order valence-electron chi connectivity index (χ0n) is 13.9. The molecular weight excluding hydrogens is 404 g/mol. The number of aliphatic hydroxyl groups excluding tert-OH is 1. The summed E-state index contributed by atoms with van der Waals surface area (Å²) in [6.45, 7) is 5.13. The maximum Gasteiger partial charge on any atom is 0.0543 e. The van der Waals surface area contributed by atoms with Crippen LogP contribution in [0.3, 0.4) is 0 Å². The molecule has 0 aromatic rings. The van der Waals surface area contributed by atoms with Crippen LogP contribution in [-0.4, -0.2) is 20.9 Å². The van der Waals surface area contributed by atoms with Gasteiger partial charge in [-0.15, -0.1) is 0 Å². The molecule has 4 aliphatic carbocycles. The Bertz CT molecular complexity index is 455. The van der Waals surface area contributed by atoms with Crippen molar-refractivity contribution in [3.63, 3.8) is 0 Å². The molecule has 9 atom stereocenters. The lowest BCUT2D eigenvalue weighted by Crippen LogP contribution is -2.54. The summed E-state index contributed by atoms with van der Waals surface area (Å²) in [5, 5.41) is 10.1. The second-order valence-corrected chi connectivity index (χ2v) is 11.4. The molecule has 4 aliphatic rings. The van der Waals surface area contributed by atoms with Crippen molar-refractivity contribution < 1.29 is 5.11 Å². The summed E-state index contributed by atoms with van der Waals surface area (Å²) in [5.74, 6) is 3.51. The van der Waals surface area contributed by atoms with Crippen molar-refractivity contribution in [3.8, 4) is 0 Å². The second kappa shape index (κ2) is 5.46. The summed E-state index contributed by atoms with van der Waals surface area (Å²) in [4.78, 5) is 1.30. The smallest absolute Gasteiger partial charge is 0.0543 e. The molecular formula is C19H30Br2O. The molecule has 0 amide bonds. The SMILES string of the molecule is C[C@]12CC[C@H](O)CC1CCC1C2CC[C@@]2(C)C1C[C@@H](Br)C2Br. The monoisotopic (exact) mass is 432 g/mol. The van der Waals surface area contributed by atoms with Crippen molar-refractivity contribution in [2.75, 3.05) is 0 Å². The quantitative estimate of drug-likeness (QED) is 0.498. The normalized spacial score (nSPS) is 61.2. The Balaban J connectivity index is 1.63. The number of hydrogen-bond acceptors (Lipinski definition) is 1. The van der Waals surface area contributed by atoms with Gasteiger partial charge in [0, 0.05) is 9.65 Å². The number of rotatable bonds is 0. The number of halogens is 2. The van der Waals surface area contributed by atoms with E-state index in [2.05, 4.69) is 45.7 Å². The largest absolute Gasteiger partial charge is 0.393 e. The Labute approximate surface area is 152 Å². The maximum absolute atomic E-state index is 10.1. The van der Waals surface area contributed by atoms with Crippen LogP contribution in [0.25, 0.3) is 0 Å². The Kier molecular flexibility index (Phi) is 4.07. The fourth-order valence-corrected chi connectivity index (χ4v) is 8.94.